The number of nitrogens with one attached hydrogen (secondary N) is 2. The molecule has 6 nitrogen and oxygen atoms in total. The van der Waals surface area contributed by atoms with Crippen molar-refractivity contribution in [3.63, 3.8) is 0 Å². The van der Waals surface area contributed by atoms with Crippen molar-refractivity contribution < 1.29 is 9.59 Å². The third-order valence-electron chi connectivity index (χ3n) is 2.02. The number of hydrogen-bond acceptors (Lipinski definition) is 3. The molecule has 0 unspecified atom stereocenters. The average molecular weight is 200 g/mol. The molecule has 0 bridgehead atoms. The van der Waals surface area contributed by atoms with Crippen molar-refractivity contribution in [1.82, 2.24) is 15.5 Å². The van der Waals surface area contributed by atoms with E-state index in [9.17, 15) is 9.59 Å². The molecule has 0 atom stereocenters. The Balaban J connectivity index is 2.35. The standard InChI is InChI=1S/C8H16N4O2/c9-2-3-11-8(14)12-5-1-7(13)10-4-6-12/h1-6,9H2,(H,10,13)(H,11,14). The predicted octanol–water partition coefficient (Wildman–Crippen LogP) is -1.52. The van der Waals surface area contributed by atoms with Crippen LogP contribution in [0.15, 0.2) is 0 Å². The zero-order valence-corrected chi connectivity index (χ0v) is 8.08. The van der Waals surface area contributed by atoms with Crippen LogP contribution in [-0.2, 0) is 4.79 Å². The number of amides is 3. The van der Waals surface area contributed by atoms with Gasteiger partial charge in [0.25, 0.3) is 0 Å². The van der Waals surface area contributed by atoms with Gasteiger partial charge in [-0.15, -0.1) is 0 Å². The molecule has 1 saturated heterocycles. The SMILES string of the molecule is NCCNC(=O)N1CCNC(=O)CC1. The summed E-state index contributed by atoms with van der Waals surface area (Å²) in [6.07, 6.45) is 0.371. The van der Waals surface area contributed by atoms with Gasteiger partial charge in [0.05, 0.1) is 0 Å². The Morgan fingerprint density at radius 1 is 1.57 bits per heavy atom. The number of nitrogens with two attached hydrogens (primary N) is 1. The average Bonchev–Trinajstić information content (AvgIpc) is 2.39. The molecule has 0 spiro atoms. The minimum atomic E-state index is -0.146. The van der Waals surface area contributed by atoms with Crippen molar-refractivity contribution in [3.05, 3.63) is 0 Å². The van der Waals surface area contributed by atoms with Gasteiger partial charge in [0.2, 0.25) is 5.91 Å². The van der Waals surface area contributed by atoms with E-state index in [1.165, 1.54) is 0 Å². The molecule has 0 aliphatic carbocycles. The predicted molar refractivity (Wildman–Crippen MR) is 51.7 cm³/mol. The summed E-state index contributed by atoms with van der Waals surface area (Å²) in [5.74, 6) is -0.000810. The van der Waals surface area contributed by atoms with E-state index in [0.29, 0.717) is 39.1 Å². The van der Waals surface area contributed by atoms with Gasteiger partial charge in [-0.2, -0.15) is 0 Å². The molecule has 0 aromatic rings. The maximum atomic E-state index is 11.4. The summed E-state index contributed by atoms with van der Waals surface area (Å²) >= 11 is 0. The summed E-state index contributed by atoms with van der Waals surface area (Å²) in [4.78, 5) is 24.0. The van der Waals surface area contributed by atoms with Crippen LogP contribution in [0.5, 0.6) is 0 Å². The fourth-order valence-electron chi connectivity index (χ4n) is 1.26. The summed E-state index contributed by atoms with van der Waals surface area (Å²) in [5.41, 5.74) is 5.26. The highest BCUT2D eigenvalue weighted by Gasteiger charge is 2.17. The molecule has 0 aromatic carbocycles. The lowest BCUT2D eigenvalue weighted by atomic mass is 10.4. The quantitative estimate of drug-likeness (QED) is 0.505. The Labute approximate surface area is 82.8 Å². The van der Waals surface area contributed by atoms with Gasteiger partial charge >= 0.3 is 6.03 Å². The molecule has 1 aliphatic rings. The second-order valence-electron chi connectivity index (χ2n) is 3.11. The highest BCUT2D eigenvalue weighted by molar-refractivity contribution is 5.79. The third kappa shape index (κ3) is 3.21. The first-order chi connectivity index (χ1) is 6.74. The monoisotopic (exact) mass is 200 g/mol. The van der Waals surface area contributed by atoms with Crippen LogP contribution in [0.25, 0.3) is 0 Å². The molecule has 1 heterocycles. The van der Waals surface area contributed by atoms with Gasteiger partial charge in [-0.3, -0.25) is 4.79 Å². The second kappa shape index (κ2) is 5.43. The lowest BCUT2D eigenvalue weighted by molar-refractivity contribution is -0.120. The number of carbonyl (C=O) groups is 2. The van der Waals surface area contributed by atoms with Crippen LogP contribution in [0.3, 0.4) is 0 Å². The minimum absolute atomic E-state index is 0.000810. The molecule has 3 amide bonds. The lowest BCUT2D eigenvalue weighted by Crippen LogP contribution is -2.43. The topological polar surface area (TPSA) is 87.5 Å². The first-order valence-corrected chi connectivity index (χ1v) is 4.73. The fourth-order valence-corrected chi connectivity index (χ4v) is 1.26. The first kappa shape index (κ1) is 10.8. The van der Waals surface area contributed by atoms with Crippen molar-refractivity contribution >= 4 is 11.9 Å². The third-order valence-corrected chi connectivity index (χ3v) is 2.02. The number of rotatable bonds is 2. The number of urea groups is 1. The second-order valence-corrected chi connectivity index (χ2v) is 3.11. The highest BCUT2D eigenvalue weighted by atomic mass is 16.2. The van der Waals surface area contributed by atoms with E-state index in [1.54, 1.807) is 4.90 Å². The smallest absolute Gasteiger partial charge is 0.317 e. The minimum Gasteiger partial charge on any atom is -0.354 e. The van der Waals surface area contributed by atoms with Crippen LogP contribution in [0.4, 0.5) is 4.79 Å². The zero-order chi connectivity index (χ0) is 10.4. The summed E-state index contributed by atoms with van der Waals surface area (Å²) in [7, 11) is 0. The van der Waals surface area contributed by atoms with Crippen LogP contribution < -0.4 is 16.4 Å². The molecule has 4 N–H and O–H groups in total. The van der Waals surface area contributed by atoms with E-state index in [2.05, 4.69) is 10.6 Å². The Hall–Kier alpha value is -1.30. The van der Waals surface area contributed by atoms with Crippen molar-refractivity contribution in [2.24, 2.45) is 5.73 Å². The van der Waals surface area contributed by atoms with Crippen molar-refractivity contribution in [2.75, 3.05) is 32.7 Å². The van der Waals surface area contributed by atoms with Gasteiger partial charge in [-0.05, 0) is 0 Å². The normalized spacial score (nSPS) is 17.2. The van der Waals surface area contributed by atoms with E-state index in [1.807, 2.05) is 0 Å². The van der Waals surface area contributed by atoms with Crippen LogP contribution in [0.2, 0.25) is 0 Å². The van der Waals surface area contributed by atoms with E-state index in [0.717, 1.165) is 0 Å². The summed E-state index contributed by atoms with van der Waals surface area (Å²) < 4.78 is 0. The van der Waals surface area contributed by atoms with Gasteiger partial charge in [0, 0.05) is 39.1 Å². The largest absolute Gasteiger partial charge is 0.354 e. The summed E-state index contributed by atoms with van der Waals surface area (Å²) in [6, 6.07) is -0.146. The van der Waals surface area contributed by atoms with E-state index in [-0.39, 0.29) is 11.9 Å². The molecule has 1 aliphatic heterocycles. The van der Waals surface area contributed by atoms with Crippen LogP contribution in [0.1, 0.15) is 6.42 Å². The molecular weight excluding hydrogens is 184 g/mol. The number of hydrogen-bond donors (Lipinski definition) is 3. The van der Waals surface area contributed by atoms with Crippen molar-refractivity contribution in [3.8, 4) is 0 Å². The van der Waals surface area contributed by atoms with E-state index < -0.39 is 0 Å². The molecule has 1 fully saturated rings. The molecular formula is C8H16N4O2. The molecule has 0 saturated carbocycles. The summed E-state index contributed by atoms with van der Waals surface area (Å²) in [5, 5.41) is 5.37. The van der Waals surface area contributed by atoms with Gasteiger partial charge in [0.1, 0.15) is 0 Å². The maximum Gasteiger partial charge on any atom is 0.317 e. The van der Waals surface area contributed by atoms with Gasteiger partial charge in [-0.1, -0.05) is 0 Å². The Morgan fingerprint density at radius 3 is 3.07 bits per heavy atom. The van der Waals surface area contributed by atoms with E-state index >= 15 is 0 Å². The van der Waals surface area contributed by atoms with Crippen molar-refractivity contribution in [2.45, 2.75) is 6.42 Å². The molecule has 0 aromatic heterocycles. The molecule has 80 valence electrons. The number of carbonyl (C=O) groups excluding carboxylic acids is 2. The maximum absolute atomic E-state index is 11.4. The Morgan fingerprint density at radius 2 is 2.36 bits per heavy atom. The summed E-state index contributed by atoms with van der Waals surface area (Å²) in [6.45, 7) is 2.45. The molecule has 6 heteroatoms. The van der Waals surface area contributed by atoms with Crippen LogP contribution in [-0.4, -0.2) is 49.6 Å². The Bertz CT molecular complexity index is 219. The lowest BCUT2D eigenvalue weighted by Gasteiger charge is -2.19. The van der Waals surface area contributed by atoms with Crippen LogP contribution in [0, 0.1) is 0 Å². The highest BCUT2D eigenvalue weighted by Crippen LogP contribution is 1.96. The van der Waals surface area contributed by atoms with Gasteiger partial charge in [-0.25, -0.2) is 4.79 Å². The van der Waals surface area contributed by atoms with E-state index in [4.69, 9.17) is 5.73 Å². The first-order valence-electron chi connectivity index (χ1n) is 4.73. The molecule has 0 radical (unpaired) electrons. The molecule has 1 rings (SSSR count). The van der Waals surface area contributed by atoms with Gasteiger partial charge < -0.3 is 21.3 Å². The molecule has 14 heavy (non-hydrogen) atoms. The Kier molecular flexibility index (Phi) is 4.18. The number of nitrogens with zero attached hydrogens (tertiary/aromatic N) is 1. The fraction of sp³-hybridized carbons (Fsp3) is 0.750. The van der Waals surface area contributed by atoms with Crippen molar-refractivity contribution in [1.29, 1.82) is 0 Å². The van der Waals surface area contributed by atoms with Crippen LogP contribution >= 0.6 is 0 Å². The van der Waals surface area contributed by atoms with Gasteiger partial charge in [0.15, 0.2) is 0 Å². The zero-order valence-electron chi connectivity index (χ0n) is 8.08.